The molecule has 0 aromatic heterocycles. The standard InChI is InChI=1S/C15H18O7S2/c1-3-6-10(2)22-24(20,21)15-12-8-5-4-7-11(12)13(16)9-14(15)23(17,18)19/h4-5,7-10,16H,3,6H2,1-2H3,(H,17,18,19). The van der Waals surface area contributed by atoms with Gasteiger partial charge in [0.05, 0.1) is 6.10 Å². The fourth-order valence-electron chi connectivity index (χ4n) is 2.47. The Morgan fingerprint density at radius 3 is 2.25 bits per heavy atom. The summed E-state index contributed by atoms with van der Waals surface area (Å²) in [4.78, 5) is -1.59. The van der Waals surface area contributed by atoms with Gasteiger partial charge in [0.25, 0.3) is 20.2 Å². The predicted molar refractivity (Wildman–Crippen MR) is 88.1 cm³/mol. The van der Waals surface area contributed by atoms with Gasteiger partial charge in [0, 0.05) is 16.8 Å². The van der Waals surface area contributed by atoms with Gasteiger partial charge in [-0.3, -0.25) is 8.74 Å². The second-order valence-electron chi connectivity index (χ2n) is 5.39. The van der Waals surface area contributed by atoms with Crippen LogP contribution in [0.4, 0.5) is 0 Å². The van der Waals surface area contributed by atoms with E-state index < -0.39 is 41.9 Å². The fourth-order valence-corrected chi connectivity index (χ4v) is 5.08. The third-order valence-electron chi connectivity index (χ3n) is 3.45. The average Bonchev–Trinajstić information content (AvgIpc) is 2.45. The Labute approximate surface area is 140 Å². The maximum Gasteiger partial charge on any atom is 0.299 e. The number of phenolic OH excluding ortho intramolecular Hbond substituents is 1. The van der Waals surface area contributed by atoms with Crippen molar-refractivity contribution in [1.82, 2.24) is 0 Å². The van der Waals surface area contributed by atoms with Crippen LogP contribution >= 0.6 is 0 Å². The zero-order valence-electron chi connectivity index (χ0n) is 13.1. The molecule has 0 spiro atoms. The van der Waals surface area contributed by atoms with E-state index in [2.05, 4.69) is 0 Å². The lowest BCUT2D eigenvalue weighted by Crippen LogP contribution is -2.18. The van der Waals surface area contributed by atoms with Gasteiger partial charge >= 0.3 is 0 Å². The van der Waals surface area contributed by atoms with Crippen LogP contribution in [0.3, 0.4) is 0 Å². The van der Waals surface area contributed by atoms with Crippen LogP contribution in [-0.2, 0) is 24.4 Å². The van der Waals surface area contributed by atoms with Crippen molar-refractivity contribution < 1.29 is 30.7 Å². The molecule has 0 radical (unpaired) electrons. The van der Waals surface area contributed by atoms with Crippen LogP contribution in [0.15, 0.2) is 40.1 Å². The third-order valence-corrected chi connectivity index (χ3v) is 5.98. The van der Waals surface area contributed by atoms with Gasteiger partial charge in [-0.1, -0.05) is 37.6 Å². The first-order valence-electron chi connectivity index (χ1n) is 7.23. The Bertz CT molecular complexity index is 963. The van der Waals surface area contributed by atoms with Gasteiger partial charge in [-0.2, -0.15) is 16.8 Å². The van der Waals surface area contributed by atoms with Crippen LogP contribution in [0, 0.1) is 0 Å². The molecule has 9 heteroatoms. The Hall–Kier alpha value is -1.68. The largest absolute Gasteiger partial charge is 0.507 e. The highest BCUT2D eigenvalue weighted by atomic mass is 32.2. The summed E-state index contributed by atoms with van der Waals surface area (Å²) in [5, 5.41) is 10.0. The summed E-state index contributed by atoms with van der Waals surface area (Å²) < 4.78 is 63.0. The summed E-state index contributed by atoms with van der Waals surface area (Å²) >= 11 is 0. The van der Waals surface area contributed by atoms with Gasteiger partial charge in [-0.05, 0) is 13.3 Å². The normalized spacial score (nSPS) is 14.0. The lowest BCUT2D eigenvalue weighted by molar-refractivity contribution is 0.217. The SMILES string of the molecule is CCCC(C)OS(=O)(=O)c1c(S(=O)(=O)O)cc(O)c2ccccc12. The lowest BCUT2D eigenvalue weighted by atomic mass is 10.1. The van der Waals surface area contributed by atoms with Crippen molar-refractivity contribution in [3.8, 4) is 5.75 Å². The van der Waals surface area contributed by atoms with E-state index in [1.807, 2.05) is 6.92 Å². The average molecular weight is 374 g/mol. The molecule has 0 aliphatic heterocycles. The summed E-state index contributed by atoms with van der Waals surface area (Å²) in [7, 11) is -9.39. The Morgan fingerprint density at radius 1 is 1.12 bits per heavy atom. The highest BCUT2D eigenvalue weighted by Crippen LogP contribution is 2.37. The molecule has 24 heavy (non-hydrogen) atoms. The molecular formula is C15H18O7S2. The maximum absolute atomic E-state index is 12.6. The molecule has 2 N–H and O–H groups in total. The first kappa shape index (κ1) is 18.7. The van der Waals surface area contributed by atoms with Crippen LogP contribution in [0.2, 0.25) is 0 Å². The van der Waals surface area contributed by atoms with Crippen LogP contribution < -0.4 is 0 Å². The van der Waals surface area contributed by atoms with Crippen LogP contribution in [-0.4, -0.2) is 32.6 Å². The first-order chi connectivity index (χ1) is 11.1. The van der Waals surface area contributed by atoms with Gasteiger partial charge in [-0.25, -0.2) is 0 Å². The number of hydrogen-bond donors (Lipinski definition) is 2. The number of fused-ring (bicyclic) bond motifs is 1. The monoisotopic (exact) mass is 374 g/mol. The van der Waals surface area contributed by atoms with Crippen LogP contribution in [0.1, 0.15) is 26.7 Å². The smallest absolute Gasteiger partial charge is 0.299 e. The molecule has 2 aromatic carbocycles. The Morgan fingerprint density at radius 2 is 1.71 bits per heavy atom. The minimum Gasteiger partial charge on any atom is -0.507 e. The topological polar surface area (TPSA) is 118 Å². The van der Waals surface area contributed by atoms with Crippen molar-refractivity contribution in [1.29, 1.82) is 0 Å². The van der Waals surface area contributed by atoms with E-state index in [0.717, 1.165) is 0 Å². The van der Waals surface area contributed by atoms with E-state index in [9.17, 15) is 26.5 Å². The summed E-state index contributed by atoms with van der Waals surface area (Å²) in [6.07, 6.45) is 0.469. The molecule has 7 nitrogen and oxygen atoms in total. The fraction of sp³-hybridized carbons (Fsp3) is 0.333. The molecule has 0 aliphatic carbocycles. The van der Waals surface area contributed by atoms with Gasteiger partial charge in [0.1, 0.15) is 15.5 Å². The van der Waals surface area contributed by atoms with E-state index in [1.165, 1.54) is 18.2 Å². The predicted octanol–water partition coefficient (Wildman–Crippen LogP) is 2.69. The highest BCUT2D eigenvalue weighted by molar-refractivity contribution is 7.89. The molecule has 0 amide bonds. The first-order valence-corrected chi connectivity index (χ1v) is 10.1. The molecule has 2 rings (SSSR count). The number of hydrogen-bond acceptors (Lipinski definition) is 6. The summed E-state index contributed by atoms with van der Waals surface area (Å²) in [5.41, 5.74) is 0. The minimum atomic E-state index is -4.90. The molecule has 0 aliphatic rings. The summed E-state index contributed by atoms with van der Waals surface area (Å²) in [5.74, 6) is -0.459. The van der Waals surface area contributed by atoms with Crippen LogP contribution in [0.25, 0.3) is 10.8 Å². The van der Waals surface area contributed by atoms with Crippen molar-refractivity contribution in [2.45, 2.75) is 42.6 Å². The molecule has 1 unspecified atom stereocenters. The summed E-state index contributed by atoms with van der Waals surface area (Å²) in [6, 6.07) is 6.53. The van der Waals surface area contributed by atoms with Crippen molar-refractivity contribution >= 4 is 31.0 Å². The van der Waals surface area contributed by atoms with Crippen molar-refractivity contribution in [2.75, 3.05) is 0 Å². The van der Waals surface area contributed by atoms with E-state index in [1.54, 1.807) is 13.0 Å². The number of phenols is 1. The Kier molecular flexibility index (Phi) is 5.19. The quantitative estimate of drug-likeness (QED) is 0.589. The molecule has 132 valence electrons. The maximum atomic E-state index is 12.6. The molecule has 1 atom stereocenters. The zero-order valence-corrected chi connectivity index (χ0v) is 14.8. The van der Waals surface area contributed by atoms with Crippen molar-refractivity contribution in [3.63, 3.8) is 0 Å². The van der Waals surface area contributed by atoms with Crippen LogP contribution in [0.5, 0.6) is 5.75 Å². The second kappa shape index (κ2) is 6.67. The number of aromatic hydroxyl groups is 1. The highest BCUT2D eigenvalue weighted by Gasteiger charge is 2.31. The molecule has 0 saturated heterocycles. The molecule has 0 bridgehead atoms. The zero-order chi connectivity index (χ0) is 18.1. The van der Waals surface area contributed by atoms with Crippen molar-refractivity contribution in [2.24, 2.45) is 0 Å². The second-order valence-corrected chi connectivity index (χ2v) is 8.29. The number of benzene rings is 2. The van der Waals surface area contributed by atoms with Crippen molar-refractivity contribution in [3.05, 3.63) is 30.3 Å². The van der Waals surface area contributed by atoms with Gasteiger partial charge in [0.15, 0.2) is 0 Å². The molecular weight excluding hydrogens is 356 g/mol. The van der Waals surface area contributed by atoms with E-state index >= 15 is 0 Å². The molecule has 0 saturated carbocycles. The lowest BCUT2D eigenvalue weighted by Gasteiger charge is -2.16. The Balaban J connectivity index is 2.83. The molecule has 0 heterocycles. The number of rotatable bonds is 6. The molecule has 2 aromatic rings. The minimum absolute atomic E-state index is 0.0474. The summed E-state index contributed by atoms with van der Waals surface area (Å²) in [6.45, 7) is 3.41. The van der Waals surface area contributed by atoms with Gasteiger partial charge < -0.3 is 5.11 Å². The van der Waals surface area contributed by atoms with E-state index in [0.29, 0.717) is 18.9 Å². The van der Waals surface area contributed by atoms with Gasteiger partial charge in [0.2, 0.25) is 0 Å². The van der Waals surface area contributed by atoms with E-state index in [-0.39, 0.29) is 10.8 Å². The molecule has 0 fully saturated rings. The van der Waals surface area contributed by atoms with E-state index in [4.69, 9.17) is 4.18 Å². The third kappa shape index (κ3) is 3.69. The van der Waals surface area contributed by atoms with Gasteiger partial charge in [-0.15, -0.1) is 0 Å².